The molecule has 0 aliphatic heterocycles. The summed E-state index contributed by atoms with van der Waals surface area (Å²) < 4.78 is 42.7. The summed E-state index contributed by atoms with van der Waals surface area (Å²) in [7, 11) is -5.94. The summed E-state index contributed by atoms with van der Waals surface area (Å²) in [5.74, 6) is 0. The Morgan fingerprint density at radius 3 is 2.21 bits per heavy atom. The van der Waals surface area contributed by atoms with Crippen molar-refractivity contribution in [1.29, 1.82) is 0 Å². The van der Waals surface area contributed by atoms with Crippen molar-refractivity contribution in [2.45, 2.75) is 18.7 Å². The summed E-state index contributed by atoms with van der Waals surface area (Å²) in [6, 6.07) is 14.9. The number of benzene rings is 2. The fraction of sp³-hybridized carbons (Fsp3) is 0.188. The lowest BCUT2D eigenvalue weighted by Crippen LogP contribution is -2.21. The number of hydrogen-bond donors (Lipinski definition) is 1. The number of sulfonamides is 1. The molecular weight excluding hydrogens is 347 g/mol. The van der Waals surface area contributed by atoms with Gasteiger partial charge in [-0.1, -0.05) is 35.9 Å². The molecule has 2 aromatic rings. The Hall–Kier alpha value is -1.95. The summed E-state index contributed by atoms with van der Waals surface area (Å²) in [6.45, 7) is 3.33. The Bertz CT molecular complexity index is 878. The summed E-state index contributed by atoms with van der Waals surface area (Å²) >= 11 is 0. The number of nitrogens with one attached hydrogen (secondary N) is 1. The van der Waals surface area contributed by atoms with Crippen LogP contribution in [0.1, 0.15) is 12.5 Å². The third-order valence-corrected chi connectivity index (χ3v) is 7.11. The van der Waals surface area contributed by atoms with Crippen LogP contribution in [0.4, 0.5) is 0 Å². The van der Waals surface area contributed by atoms with Crippen LogP contribution in [0, 0.1) is 6.92 Å². The first-order valence-corrected chi connectivity index (χ1v) is 10.2. The number of aryl methyl sites for hydroxylation is 1. The average Bonchev–Trinajstić information content (AvgIpc) is 2.60. The topological polar surface area (TPSA) is 84.8 Å². The van der Waals surface area contributed by atoms with Crippen molar-refractivity contribution in [3.8, 4) is 0 Å². The minimum absolute atomic E-state index is 0.0619. The minimum Gasteiger partial charge on any atom is -0.325 e. The predicted octanol–water partition coefficient (Wildman–Crippen LogP) is 2.86. The van der Waals surface area contributed by atoms with Gasteiger partial charge in [0.05, 0.1) is 4.90 Å². The van der Waals surface area contributed by atoms with Crippen molar-refractivity contribution in [1.82, 2.24) is 4.83 Å². The monoisotopic (exact) mass is 366 g/mol. The smallest absolute Gasteiger partial charge is 0.276 e. The zero-order valence-corrected chi connectivity index (χ0v) is 15.3. The molecule has 0 aromatic heterocycles. The Morgan fingerprint density at radius 1 is 1.08 bits per heavy atom. The predicted molar refractivity (Wildman–Crippen MR) is 95.3 cm³/mol. The molecule has 0 aliphatic carbocycles. The number of nitrogens with zero attached hydrogens (tertiary/aromatic N) is 1. The Morgan fingerprint density at radius 2 is 1.67 bits per heavy atom. The van der Waals surface area contributed by atoms with Crippen LogP contribution in [0.25, 0.3) is 0 Å². The molecule has 1 atom stereocenters. The summed E-state index contributed by atoms with van der Waals surface area (Å²) in [5, 5.41) is 4.25. The Balaban J connectivity index is 2.30. The van der Waals surface area contributed by atoms with Crippen molar-refractivity contribution in [2.24, 2.45) is 5.10 Å². The molecular formula is C16H19N2O4PS. The van der Waals surface area contributed by atoms with Gasteiger partial charge in [0.15, 0.2) is 0 Å². The van der Waals surface area contributed by atoms with Crippen molar-refractivity contribution in [3.63, 3.8) is 0 Å². The van der Waals surface area contributed by atoms with Gasteiger partial charge in [-0.15, -0.1) is 0 Å². The lowest BCUT2D eigenvalue weighted by Gasteiger charge is -2.16. The highest BCUT2D eigenvalue weighted by molar-refractivity contribution is 7.89. The van der Waals surface area contributed by atoms with Crippen LogP contribution in [-0.4, -0.2) is 21.0 Å². The van der Waals surface area contributed by atoms with Crippen molar-refractivity contribution in [2.75, 3.05) is 7.11 Å². The summed E-state index contributed by atoms with van der Waals surface area (Å²) in [4.78, 5) is 2.19. The lowest BCUT2D eigenvalue weighted by atomic mass is 10.2. The van der Waals surface area contributed by atoms with E-state index in [2.05, 4.69) is 9.93 Å². The van der Waals surface area contributed by atoms with Crippen molar-refractivity contribution < 1.29 is 17.5 Å². The molecule has 0 spiro atoms. The lowest BCUT2D eigenvalue weighted by molar-refractivity contribution is 0.414. The second-order valence-corrected chi connectivity index (χ2v) is 9.43. The second-order valence-electron chi connectivity index (χ2n) is 5.14. The highest BCUT2D eigenvalue weighted by atomic mass is 32.2. The maximum absolute atomic E-state index is 13.0. The second kappa shape index (κ2) is 7.30. The number of rotatable bonds is 6. The van der Waals surface area contributed by atoms with Crippen molar-refractivity contribution >= 4 is 28.1 Å². The number of hydrazone groups is 1. The molecule has 128 valence electrons. The molecule has 0 heterocycles. The molecule has 6 nitrogen and oxygen atoms in total. The molecule has 24 heavy (non-hydrogen) atoms. The first-order chi connectivity index (χ1) is 11.3. The molecule has 2 aromatic carbocycles. The van der Waals surface area contributed by atoms with E-state index in [0.29, 0.717) is 5.30 Å². The quantitative estimate of drug-likeness (QED) is 0.484. The van der Waals surface area contributed by atoms with E-state index in [0.717, 1.165) is 5.56 Å². The molecule has 0 fully saturated rings. The maximum atomic E-state index is 13.0. The Kier molecular flexibility index (Phi) is 5.59. The zero-order chi connectivity index (χ0) is 17.8. The van der Waals surface area contributed by atoms with Gasteiger partial charge >= 0.3 is 0 Å². The number of hydrogen-bond acceptors (Lipinski definition) is 5. The summed E-state index contributed by atoms with van der Waals surface area (Å²) in [6.07, 6.45) is 0. The van der Waals surface area contributed by atoms with E-state index in [1.165, 1.54) is 26.2 Å². The maximum Gasteiger partial charge on any atom is 0.276 e. The first kappa shape index (κ1) is 18.4. The fourth-order valence-corrected chi connectivity index (χ4v) is 4.53. The van der Waals surface area contributed by atoms with Crippen LogP contribution in [0.5, 0.6) is 0 Å². The van der Waals surface area contributed by atoms with Crippen LogP contribution in [-0.2, 0) is 19.1 Å². The third-order valence-electron chi connectivity index (χ3n) is 3.44. The molecule has 2 rings (SSSR count). The zero-order valence-electron chi connectivity index (χ0n) is 13.6. The van der Waals surface area contributed by atoms with E-state index in [4.69, 9.17) is 4.52 Å². The summed E-state index contributed by atoms with van der Waals surface area (Å²) in [5.41, 5.74) is 1.01. The van der Waals surface area contributed by atoms with Crippen molar-refractivity contribution in [3.05, 3.63) is 60.2 Å². The van der Waals surface area contributed by atoms with Crippen LogP contribution < -0.4 is 10.1 Å². The van der Waals surface area contributed by atoms with Gasteiger partial charge in [0.2, 0.25) is 0 Å². The molecule has 0 radical (unpaired) electrons. The highest BCUT2D eigenvalue weighted by Crippen LogP contribution is 2.46. The van der Waals surface area contributed by atoms with Gasteiger partial charge < -0.3 is 4.52 Å². The molecule has 0 saturated carbocycles. The van der Waals surface area contributed by atoms with Gasteiger partial charge in [-0.05, 0) is 38.1 Å². The molecule has 0 amide bonds. The molecule has 8 heteroatoms. The highest BCUT2D eigenvalue weighted by Gasteiger charge is 2.29. The van der Waals surface area contributed by atoms with Gasteiger partial charge in [-0.2, -0.15) is 18.4 Å². The normalized spacial score (nSPS) is 14.9. The SMILES string of the molecule is COP(=O)(/C(C)=N/NS(=O)(=O)c1ccc(C)cc1)c1ccccc1. The van der Waals surface area contributed by atoms with Crippen LogP contribution in [0.15, 0.2) is 64.6 Å². The molecule has 0 aliphatic rings. The van der Waals surface area contributed by atoms with E-state index in [1.54, 1.807) is 42.5 Å². The van der Waals surface area contributed by atoms with Gasteiger partial charge in [0.1, 0.15) is 5.45 Å². The van der Waals surface area contributed by atoms with Gasteiger partial charge in [0.25, 0.3) is 17.4 Å². The molecule has 1 N–H and O–H groups in total. The molecule has 0 bridgehead atoms. The van der Waals surface area contributed by atoms with Crippen LogP contribution in [0.2, 0.25) is 0 Å². The van der Waals surface area contributed by atoms with E-state index >= 15 is 0 Å². The van der Waals surface area contributed by atoms with Gasteiger partial charge in [-0.25, -0.2) is 0 Å². The van der Waals surface area contributed by atoms with E-state index < -0.39 is 17.4 Å². The molecule has 1 unspecified atom stereocenters. The largest absolute Gasteiger partial charge is 0.325 e. The molecule has 0 saturated heterocycles. The van der Waals surface area contributed by atoms with Crippen LogP contribution in [0.3, 0.4) is 0 Å². The minimum atomic E-state index is -3.84. The van der Waals surface area contributed by atoms with E-state index in [1.807, 2.05) is 6.92 Å². The van der Waals surface area contributed by atoms with E-state index in [9.17, 15) is 13.0 Å². The van der Waals surface area contributed by atoms with Crippen LogP contribution >= 0.6 is 7.37 Å². The first-order valence-electron chi connectivity index (χ1n) is 7.14. The Labute approximate surface area is 142 Å². The van der Waals surface area contributed by atoms with E-state index in [-0.39, 0.29) is 10.3 Å². The average molecular weight is 366 g/mol. The fourth-order valence-electron chi connectivity index (χ4n) is 2.01. The van der Waals surface area contributed by atoms with Gasteiger partial charge in [-0.3, -0.25) is 4.57 Å². The standard InChI is InChI=1S/C16H19N2O4PS/c1-13-9-11-16(12-10-13)24(20,21)18-17-14(2)23(19,22-3)15-7-5-4-6-8-15/h4-12,18H,1-3H3/b17-14+. The van der Waals surface area contributed by atoms with Gasteiger partial charge in [0, 0.05) is 12.4 Å². The third kappa shape index (κ3) is 3.93.